The summed E-state index contributed by atoms with van der Waals surface area (Å²) in [5, 5.41) is 3.18. The summed E-state index contributed by atoms with van der Waals surface area (Å²) in [5.41, 5.74) is 3.24. The van der Waals surface area contributed by atoms with Crippen molar-refractivity contribution in [3.05, 3.63) is 108 Å². The largest absolute Gasteiger partial charge is 0.444 e. The molecular formula is C31H39N3O2. The van der Waals surface area contributed by atoms with Gasteiger partial charge < -0.3 is 10.1 Å². The van der Waals surface area contributed by atoms with Gasteiger partial charge in [-0.05, 0) is 64.4 Å². The monoisotopic (exact) mass is 485 g/mol. The van der Waals surface area contributed by atoms with E-state index in [4.69, 9.17) is 4.74 Å². The molecule has 0 unspecified atom stereocenters. The Hall–Kier alpha value is -3.15. The summed E-state index contributed by atoms with van der Waals surface area (Å²) >= 11 is 0. The first kappa shape index (κ1) is 25.9. The predicted molar refractivity (Wildman–Crippen MR) is 146 cm³/mol. The van der Waals surface area contributed by atoms with Crippen molar-refractivity contribution in [2.45, 2.75) is 63.5 Å². The first-order chi connectivity index (χ1) is 17.2. The molecule has 0 aliphatic carbocycles. The van der Waals surface area contributed by atoms with Gasteiger partial charge in [0.25, 0.3) is 0 Å². The van der Waals surface area contributed by atoms with E-state index < -0.39 is 5.60 Å². The number of alkyl carbamates (subject to hydrolysis) is 1. The Morgan fingerprint density at radius 1 is 0.806 bits per heavy atom. The van der Waals surface area contributed by atoms with Gasteiger partial charge >= 0.3 is 6.09 Å². The van der Waals surface area contributed by atoms with Gasteiger partial charge in [-0.1, -0.05) is 91.0 Å². The van der Waals surface area contributed by atoms with Gasteiger partial charge in [0.05, 0.1) is 18.2 Å². The first-order valence-corrected chi connectivity index (χ1v) is 12.8. The highest BCUT2D eigenvalue weighted by atomic mass is 16.6. The smallest absolute Gasteiger partial charge is 0.407 e. The van der Waals surface area contributed by atoms with Gasteiger partial charge in [-0.3, -0.25) is 9.80 Å². The van der Waals surface area contributed by atoms with Crippen molar-refractivity contribution in [1.82, 2.24) is 15.1 Å². The van der Waals surface area contributed by atoms with Gasteiger partial charge in [-0.25, -0.2) is 4.79 Å². The number of nitrogens with zero attached hydrogens (tertiary/aromatic N) is 2. The van der Waals surface area contributed by atoms with E-state index in [0.717, 1.165) is 12.8 Å². The minimum absolute atomic E-state index is 0.0805. The van der Waals surface area contributed by atoms with Crippen LogP contribution >= 0.6 is 0 Å². The van der Waals surface area contributed by atoms with E-state index in [1.54, 1.807) is 0 Å². The summed E-state index contributed by atoms with van der Waals surface area (Å²) in [7, 11) is 4.41. The van der Waals surface area contributed by atoms with Gasteiger partial charge in [-0.15, -0.1) is 0 Å². The van der Waals surface area contributed by atoms with Crippen LogP contribution in [0.1, 0.15) is 56.0 Å². The Labute approximate surface area is 216 Å². The molecule has 3 aromatic rings. The van der Waals surface area contributed by atoms with Gasteiger partial charge in [0.2, 0.25) is 0 Å². The zero-order chi connectivity index (χ0) is 25.7. The fraction of sp³-hybridized carbons (Fsp3) is 0.387. The molecule has 0 radical (unpaired) electrons. The van der Waals surface area contributed by atoms with E-state index in [1.165, 1.54) is 16.7 Å². The molecule has 5 nitrogen and oxygen atoms in total. The lowest BCUT2D eigenvalue weighted by molar-refractivity contribution is 0.0479. The Bertz CT molecular complexity index is 1050. The average molecular weight is 486 g/mol. The average Bonchev–Trinajstić information content (AvgIpc) is 3.09. The van der Waals surface area contributed by atoms with Gasteiger partial charge in [0.1, 0.15) is 5.60 Å². The maximum absolute atomic E-state index is 12.8. The summed E-state index contributed by atoms with van der Waals surface area (Å²) in [6, 6.07) is 32.1. The molecule has 1 aliphatic rings. The molecule has 0 spiro atoms. The molecule has 190 valence electrons. The second-order valence-electron chi connectivity index (χ2n) is 10.8. The number of ether oxygens (including phenoxy) is 1. The summed E-state index contributed by atoms with van der Waals surface area (Å²) in [6.07, 6.45) is 1.27. The van der Waals surface area contributed by atoms with Crippen LogP contribution in [0.5, 0.6) is 0 Å². The molecule has 3 atom stereocenters. The van der Waals surface area contributed by atoms with E-state index in [2.05, 4.69) is 102 Å². The predicted octanol–water partition coefficient (Wildman–Crippen LogP) is 6.20. The second-order valence-corrected chi connectivity index (χ2v) is 10.8. The standard InChI is InChI=1S/C31H39N3O2/c1-31(2,3)36-30(35)32-26(21-23-15-9-6-10-16-23)22-27-33(4)28(24-17-11-7-12-18-24)29(34(27)5)25-19-13-8-14-20-25/h6-20,26-29H,21-22H2,1-5H3,(H,32,35)/t26-,28-,29-/m1/s1. The van der Waals surface area contributed by atoms with Crippen LogP contribution in [-0.2, 0) is 11.2 Å². The van der Waals surface area contributed by atoms with E-state index in [-0.39, 0.29) is 30.4 Å². The number of amides is 1. The fourth-order valence-electron chi connectivity index (χ4n) is 5.39. The Kier molecular flexibility index (Phi) is 8.12. The van der Waals surface area contributed by atoms with Crippen molar-refractivity contribution in [3.63, 3.8) is 0 Å². The molecule has 1 amide bonds. The van der Waals surface area contributed by atoms with E-state index in [0.29, 0.717) is 0 Å². The van der Waals surface area contributed by atoms with E-state index in [1.807, 2.05) is 39.0 Å². The number of carbonyl (C=O) groups excluding carboxylic acids is 1. The molecular weight excluding hydrogens is 446 g/mol. The van der Waals surface area contributed by atoms with E-state index in [9.17, 15) is 4.79 Å². The summed E-state index contributed by atoms with van der Waals surface area (Å²) in [6.45, 7) is 5.69. The number of rotatable bonds is 7. The fourth-order valence-corrected chi connectivity index (χ4v) is 5.39. The minimum atomic E-state index is -0.543. The third kappa shape index (κ3) is 6.34. The van der Waals surface area contributed by atoms with Crippen molar-refractivity contribution in [3.8, 4) is 0 Å². The van der Waals surface area contributed by atoms with Crippen molar-refractivity contribution in [2.75, 3.05) is 14.1 Å². The molecule has 1 saturated heterocycles. The maximum Gasteiger partial charge on any atom is 0.407 e. The third-order valence-electron chi connectivity index (χ3n) is 6.94. The number of carbonyl (C=O) groups is 1. The number of likely N-dealkylation sites (N-methyl/N-ethyl adjacent to an activating group) is 2. The highest BCUT2D eigenvalue weighted by Crippen LogP contribution is 2.46. The van der Waals surface area contributed by atoms with Crippen LogP contribution in [0.4, 0.5) is 4.79 Å². The normalized spacial score (nSPS) is 20.2. The second kappa shape index (κ2) is 11.3. The van der Waals surface area contributed by atoms with Crippen LogP contribution in [0.15, 0.2) is 91.0 Å². The molecule has 1 N–H and O–H groups in total. The topological polar surface area (TPSA) is 44.8 Å². The SMILES string of the molecule is CN1C(C[C@@H](Cc2ccccc2)NC(=O)OC(C)(C)C)N(C)[C@H](c2ccccc2)[C@H]1c1ccccc1. The number of hydrogen-bond acceptors (Lipinski definition) is 4. The molecule has 4 rings (SSSR count). The van der Waals surface area contributed by atoms with E-state index >= 15 is 0 Å². The molecule has 1 heterocycles. The number of nitrogens with one attached hydrogen (secondary N) is 1. The van der Waals surface area contributed by atoms with Crippen LogP contribution in [0.2, 0.25) is 0 Å². The lowest BCUT2D eigenvalue weighted by Gasteiger charge is -2.32. The molecule has 5 heteroatoms. The van der Waals surface area contributed by atoms with Gasteiger partial charge in [0, 0.05) is 6.04 Å². The zero-order valence-electron chi connectivity index (χ0n) is 22.1. The minimum Gasteiger partial charge on any atom is -0.444 e. The van der Waals surface area contributed by atoms with Gasteiger partial charge in [-0.2, -0.15) is 0 Å². The quantitative estimate of drug-likeness (QED) is 0.433. The van der Waals surface area contributed by atoms with Crippen LogP contribution in [0, 0.1) is 0 Å². The lowest BCUT2D eigenvalue weighted by atomic mass is 9.93. The van der Waals surface area contributed by atoms with Crippen molar-refractivity contribution < 1.29 is 9.53 Å². The summed E-state index contributed by atoms with van der Waals surface area (Å²) < 4.78 is 5.63. The van der Waals surface area contributed by atoms with Crippen molar-refractivity contribution >= 4 is 6.09 Å². The van der Waals surface area contributed by atoms with Crippen LogP contribution in [-0.4, -0.2) is 47.8 Å². The first-order valence-electron chi connectivity index (χ1n) is 12.8. The highest BCUT2D eigenvalue weighted by Gasteiger charge is 2.45. The zero-order valence-corrected chi connectivity index (χ0v) is 22.1. The number of hydrogen-bond donors (Lipinski definition) is 1. The summed E-state index contributed by atoms with van der Waals surface area (Å²) in [4.78, 5) is 17.7. The third-order valence-corrected chi connectivity index (χ3v) is 6.94. The molecule has 1 fully saturated rings. The molecule has 1 aliphatic heterocycles. The molecule has 3 aromatic carbocycles. The lowest BCUT2D eigenvalue weighted by Crippen LogP contribution is -2.46. The Morgan fingerprint density at radius 3 is 1.69 bits per heavy atom. The number of benzene rings is 3. The summed E-state index contributed by atoms with van der Waals surface area (Å²) in [5.74, 6) is 0. The van der Waals surface area contributed by atoms with Gasteiger partial charge in [0.15, 0.2) is 0 Å². The molecule has 0 aromatic heterocycles. The Morgan fingerprint density at radius 2 is 1.25 bits per heavy atom. The van der Waals surface area contributed by atoms with Crippen LogP contribution in [0.3, 0.4) is 0 Å². The molecule has 36 heavy (non-hydrogen) atoms. The van der Waals surface area contributed by atoms with Crippen molar-refractivity contribution in [1.29, 1.82) is 0 Å². The van der Waals surface area contributed by atoms with Crippen LogP contribution in [0.25, 0.3) is 0 Å². The van der Waals surface area contributed by atoms with Crippen molar-refractivity contribution in [2.24, 2.45) is 0 Å². The highest BCUT2D eigenvalue weighted by molar-refractivity contribution is 5.68. The Balaban J connectivity index is 1.63. The maximum atomic E-state index is 12.8. The molecule has 0 saturated carbocycles. The molecule has 0 bridgehead atoms. The van der Waals surface area contributed by atoms with Crippen LogP contribution < -0.4 is 5.32 Å².